The van der Waals surface area contributed by atoms with Crippen molar-refractivity contribution >= 4 is 21.8 Å². The number of carbonyl (C=O) groups is 1. The third-order valence-corrected chi connectivity index (χ3v) is 3.50. The smallest absolute Gasteiger partial charge is 0.255 e. The van der Waals surface area contributed by atoms with Crippen molar-refractivity contribution in [2.75, 3.05) is 19.8 Å². The second kappa shape index (κ2) is 6.20. The fraction of sp³-hybridized carbons (Fsp3) is 0.462. The standard InChI is InChI=1S/C13H16BrNO3/c14-10-3-4-11(12(16)6-10)13(17)15-7-9-2-1-5-18-8-9/h3-4,6,9,16H,1-2,5,7-8H2,(H,15,17). The highest BCUT2D eigenvalue weighted by Crippen LogP contribution is 2.22. The van der Waals surface area contributed by atoms with Crippen LogP contribution >= 0.6 is 15.9 Å². The number of phenolic OH excluding ortho intramolecular Hbond substituents is 1. The van der Waals surface area contributed by atoms with E-state index < -0.39 is 0 Å². The summed E-state index contributed by atoms with van der Waals surface area (Å²) in [5, 5.41) is 12.5. The third-order valence-electron chi connectivity index (χ3n) is 3.01. The highest BCUT2D eigenvalue weighted by atomic mass is 79.9. The molecule has 1 aromatic rings. The lowest BCUT2D eigenvalue weighted by atomic mass is 10.0. The number of phenols is 1. The first-order valence-electron chi connectivity index (χ1n) is 6.01. The predicted molar refractivity (Wildman–Crippen MR) is 71.7 cm³/mol. The third kappa shape index (κ3) is 3.46. The molecular weight excluding hydrogens is 298 g/mol. The average molecular weight is 314 g/mol. The van der Waals surface area contributed by atoms with E-state index in [4.69, 9.17) is 4.74 Å². The molecule has 0 radical (unpaired) electrons. The summed E-state index contributed by atoms with van der Waals surface area (Å²) in [5.74, 6) is 0.118. The number of hydrogen-bond acceptors (Lipinski definition) is 3. The van der Waals surface area contributed by atoms with Crippen LogP contribution in [0.2, 0.25) is 0 Å². The van der Waals surface area contributed by atoms with Crippen LogP contribution in [-0.2, 0) is 4.74 Å². The summed E-state index contributed by atoms with van der Waals surface area (Å²) in [4.78, 5) is 11.9. The average Bonchev–Trinajstić information content (AvgIpc) is 2.37. The van der Waals surface area contributed by atoms with Crippen LogP contribution in [0.25, 0.3) is 0 Å². The van der Waals surface area contributed by atoms with Crippen molar-refractivity contribution in [3.8, 4) is 5.75 Å². The lowest BCUT2D eigenvalue weighted by Crippen LogP contribution is -2.33. The van der Waals surface area contributed by atoms with Crippen LogP contribution in [0.15, 0.2) is 22.7 Å². The normalized spacial score (nSPS) is 19.5. The largest absolute Gasteiger partial charge is 0.507 e. The molecule has 1 heterocycles. The van der Waals surface area contributed by atoms with Crippen LogP contribution in [0, 0.1) is 5.92 Å². The van der Waals surface area contributed by atoms with Gasteiger partial charge in [0.2, 0.25) is 0 Å². The number of rotatable bonds is 3. The highest BCUT2D eigenvalue weighted by molar-refractivity contribution is 9.10. The molecule has 5 heteroatoms. The van der Waals surface area contributed by atoms with E-state index in [2.05, 4.69) is 21.2 Å². The lowest BCUT2D eigenvalue weighted by Gasteiger charge is -2.22. The van der Waals surface area contributed by atoms with Gasteiger partial charge in [-0.1, -0.05) is 15.9 Å². The van der Waals surface area contributed by atoms with Gasteiger partial charge in [0.05, 0.1) is 12.2 Å². The van der Waals surface area contributed by atoms with Crippen LogP contribution in [-0.4, -0.2) is 30.8 Å². The minimum Gasteiger partial charge on any atom is -0.507 e. The quantitative estimate of drug-likeness (QED) is 0.900. The molecule has 1 saturated heterocycles. The van der Waals surface area contributed by atoms with E-state index in [-0.39, 0.29) is 11.7 Å². The topological polar surface area (TPSA) is 58.6 Å². The van der Waals surface area contributed by atoms with E-state index in [9.17, 15) is 9.90 Å². The van der Waals surface area contributed by atoms with Gasteiger partial charge in [0.25, 0.3) is 5.91 Å². The Hall–Kier alpha value is -1.07. The number of amides is 1. The molecule has 18 heavy (non-hydrogen) atoms. The van der Waals surface area contributed by atoms with Crippen molar-refractivity contribution in [3.63, 3.8) is 0 Å². The monoisotopic (exact) mass is 313 g/mol. The number of hydrogen-bond donors (Lipinski definition) is 2. The molecule has 2 N–H and O–H groups in total. The first-order chi connectivity index (χ1) is 8.66. The minimum atomic E-state index is -0.245. The fourth-order valence-corrected chi connectivity index (χ4v) is 2.35. The van der Waals surface area contributed by atoms with Crippen molar-refractivity contribution < 1.29 is 14.6 Å². The molecule has 1 atom stereocenters. The number of halogens is 1. The van der Waals surface area contributed by atoms with Crippen molar-refractivity contribution in [2.24, 2.45) is 5.92 Å². The van der Waals surface area contributed by atoms with Crippen LogP contribution in [0.1, 0.15) is 23.2 Å². The van der Waals surface area contributed by atoms with Crippen LogP contribution in [0.4, 0.5) is 0 Å². The van der Waals surface area contributed by atoms with Gasteiger partial charge in [-0.2, -0.15) is 0 Å². The van der Waals surface area contributed by atoms with Gasteiger partial charge in [-0.05, 0) is 37.0 Å². The summed E-state index contributed by atoms with van der Waals surface area (Å²) in [7, 11) is 0. The molecule has 2 rings (SSSR count). The molecule has 1 fully saturated rings. The number of nitrogens with one attached hydrogen (secondary N) is 1. The van der Waals surface area contributed by atoms with Gasteiger partial charge in [-0.25, -0.2) is 0 Å². The molecule has 0 spiro atoms. The molecule has 0 aliphatic carbocycles. The molecule has 1 amide bonds. The summed E-state index contributed by atoms with van der Waals surface area (Å²) in [5.41, 5.74) is 0.301. The van der Waals surface area contributed by atoms with E-state index in [1.165, 1.54) is 6.07 Å². The predicted octanol–water partition coefficient (Wildman–Crippen LogP) is 2.31. The molecule has 0 saturated carbocycles. The van der Waals surface area contributed by atoms with Crippen LogP contribution < -0.4 is 5.32 Å². The van der Waals surface area contributed by atoms with Gasteiger partial charge in [-0.3, -0.25) is 4.79 Å². The van der Waals surface area contributed by atoms with E-state index >= 15 is 0 Å². The first kappa shape index (κ1) is 13.4. The summed E-state index contributed by atoms with van der Waals surface area (Å²) in [6.45, 7) is 2.11. The Morgan fingerprint density at radius 3 is 3.06 bits per heavy atom. The Labute approximate surface area is 114 Å². The Kier molecular flexibility index (Phi) is 4.60. The zero-order chi connectivity index (χ0) is 13.0. The fourth-order valence-electron chi connectivity index (χ4n) is 2.00. The summed E-state index contributed by atoms with van der Waals surface area (Å²) in [6, 6.07) is 4.85. The van der Waals surface area contributed by atoms with E-state index in [1.54, 1.807) is 12.1 Å². The molecule has 1 aromatic carbocycles. The molecule has 0 aromatic heterocycles. The number of ether oxygens (including phenoxy) is 1. The zero-order valence-corrected chi connectivity index (χ0v) is 11.6. The summed E-state index contributed by atoms with van der Waals surface area (Å²) < 4.78 is 6.10. The molecule has 4 nitrogen and oxygen atoms in total. The SMILES string of the molecule is O=C(NCC1CCCOC1)c1ccc(Br)cc1O. The van der Waals surface area contributed by atoms with Gasteiger partial charge in [0.15, 0.2) is 0 Å². The van der Waals surface area contributed by atoms with Gasteiger partial charge in [0.1, 0.15) is 5.75 Å². The Morgan fingerprint density at radius 1 is 1.56 bits per heavy atom. The maximum atomic E-state index is 11.9. The molecule has 1 unspecified atom stereocenters. The number of carbonyl (C=O) groups excluding carboxylic acids is 1. The molecule has 1 aliphatic heterocycles. The Morgan fingerprint density at radius 2 is 2.39 bits per heavy atom. The van der Waals surface area contributed by atoms with Gasteiger partial charge in [-0.15, -0.1) is 0 Å². The van der Waals surface area contributed by atoms with Crippen molar-refractivity contribution in [1.29, 1.82) is 0 Å². The highest BCUT2D eigenvalue weighted by Gasteiger charge is 2.16. The van der Waals surface area contributed by atoms with Crippen molar-refractivity contribution in [2.45, 2.75) is 12.8 Å². The number of benzene rings is 1. The Bertz CT molecular complexity index is 430. The lowest BCUT2D eigenvalue weighted by molar-refractivity contribution is 0.0536. The molecule has 1 aliphatic rings. The van der Waals surface area contributed by atoms with Crippen molar-refractivity contribution in [3.05, 3.63) is 28.2 Å². The van der Waals surface area contributed by atoms with Crippen LogP contribution in [0.3, 0.4) is 0 Å². The maximum absolute atomic E-state index is 11.9. The van der Waals surface area contributed by atoms with E-state index in [0.717, 1.165) is 23.9 Å². The van der Waals surface area contributed by atoms with E-state index in [1.807, 2.05) is 0 Å². The minimum absolute atomic E-state index is 0.0123. The van der Waals surface area contributed by atoms with Gasteiger partial charge in [0, 0.05) is 17.6 Å². The first-order valence-corrected chi connectivity index (χ1v) is 6.80. The second-order valence-electron chi connectivity index (χ2n) is 4.45. The molecule has 0 bridgehead atoms. The maximum Gasteiger partial charge on any atom is 0.255 e. The Balaban J connectivity index is 1.90. The summed E-state index contributed by atoms with van der Waals surface area (Å²) >= 11 is 3.24. The van der Waals surface area contributed by atoms with Crippen molar-refractivity contribution in [1.82, 2.24) is 5.32 Å². The second-order valence-corrected chi connectivity index (χ2v) is 5.37. The van der Waals surface area contributed by atoms with E-state index in [0.29, 0.717) is 24.6 Å². The summed E-state index contributed by atoms with van der Waals surface area (Å²) in [6.07, 6.45) is 2.12. The number of aromatic hydroxyl groups is 1. The van der Waals surface area contributed by atoms with Gasteiger partial charge >= 0.3 is 0 Å². The van der Waals surface area contributed by atoms with Gasteiger partial charge < -0.3 is 15.2 Å². The molecular formula is C13H16BrNO3. The zero-order valence-electron chi connectivity index (χ0n) is 9.99. The molecule has 98 valence electrons. The van der Waals surface area contributed by atoms with Crippen LogP contribution in [0.5, 0.6) is 5.75 Å².